The number of anilines is 1. The molecule has 2 atom stereocenters. The molecule has 1 amide bonds. The number of methoxy groups -OCH3 is 1. The molecule has 1 saturated heterocycles. The standard InChI is InChI=1S/C13H12F2N2O3/c1-7-11(18)13(14,15)12(19)17(7)9-4-3-8(6-16)10(5-9)20-2/h3-5,7,11,18H,1-2H3. The summed E-state index contributed by atoms with van der Waals surface area (Å²) in [4.78, 5) is 12.5. The fourth-order valence-electron chi connectivity index (χ4n) is 2.19. The van der Waals surface area contributed by atoms with Crippen LogP contribution in [0.1, 0.15) is 12.5 Å². The van der Waals surface area contributed by atoms with E-state index in [1.165, 1.54) is 32.2 Å². The van der Waals surface area contributed by atoms with Crippen molar-refractivity contribution >= 4 is 11.6 Å². The van der Waals surface area contributed by atoms with E-state index in [0.717, 1.165) is 4.90 Å². The normalized spacial score (nSPS) is 24.6. The lowest BCUT2D eigenvalue weighted by atomic mass is 10.1. The number of aliphatic hydroxyl groups excluding tert-OH is 1. The van der Waals surface area contributed by atoms with Crippen molar-refractivity contribution < 1.29 is 23.4 Å². The highest BCUT2D eigenvalue weighted by atomic mass is 19.3. The SMILES string of the molecule is COc1cc(N2C(=O)C(F)(F)C(O)C2C)ccc1C#N. The first kappa shape index (κ1) is 14.2. The second-order valence-electron chi connectivity index (χ2n) is 4.48. The van der Waals surface area contributed by atoms with Crippen molar-refractivity contribution in [3.63, 3.8) is 0 Å². The first-order chi connectivity index (χ1) is 9.34. The van der Waals surface area contributed by atoms with Crippen molar-refractivity contribution in [1.29, 1.82) is 5.26 Å². The predicted octanol–water partition coefficient (Wildman–Crippen LogP) is 1.30. The Labute approximate surface area is 114 Å². The summed E-state index contributed by atoms with van der Waals surface area (Å²) in [6.45, 7) is 1.33. The number of carbonyl (C=O) groups excluding carboxylic acids is 1. The van der Waals surface area contributed by atoms with Gasteiger partial charge in [-0.3, -0.25) is 4.79 Å². The Bertz CT molecular complexity index is 598. The average Bonchev–Trinajstić information content (AvgIpc) is 2.59. The third kappa shape index (κ3) is 1.89. The topological polar surface area (TPSA) is 73.6 Å². The Hall–Kier alpha value is -2.20. The number of carbonyl (C=O) groups is 1. The summed E-state index contributed by atoms with van der Waals surface area (Å²) >= 11 is 0. The molecule has 0 saturated carbocycles. The van der Waals surface area contributed by atoms with Gasteiger partial charge in [0.15, 0.2) is 0 Å². The third-order valence-electron chi connectivity index (χ3n) is 3.32. The lowest BCUT2D eigenvalue weighted by molar-refractivity contribution is -0.149. The second-order valence-corrected chi connectivity index (χ2v) is 4.48. The van der Waals surface area contributed by atoms with Gasteiger partial charge in [-0.25, -0.2) is 0 Å². The van der Waals surface area contributed by atoms with Crippen LogP contribution in [0.5, 0.6) is 5.75 Å². The van der Waals surface area contributed by atoms with Crippen LogP contribution in [0.4, 0.5) is 14.5 Å². The van der Waals surface area contributed by atoms with Gasteiger partial charge in [0.1, 0.15) is 17.9 Å². The van der Waals surface area contributed by atoms with Crippen molar-refractivity contribution in [3.05, 3.63) is 23.8 Å². The summed E-state index contributed by atoms with van der Waals surface area (Å²) in [6, 6.07) is 4.87. The molecule has 1 fully saturated rings. The molecule has 106 valence electrons. The van der Waals surface area contributed by atoms with Gasteiger partial charge in [0.25, 0.3) is 0 Å². The fraction of sp³-hybridized carbons (Fsp3) is 0.385. The summed E-state index contributed by atoms with van der Waals surface area (Å²) < 4.78 is 32.0. The number of aliphatic hydroxyl groups is 1. The molecule has 2 rings (SSSR count). The number of hydrogen-bond acceptors (Lipinski definition) is 4. The summed E-state index contributed by atoms with van der Waals surface area (Å²) in [7, 11) is 1.33. The summed E-state index contributed by atoms with van der Waals surface area (Å²) in [5, 5.41) is 18.3. The van der Waals surface area contributed by atoms with Gasteiger partial charge in [-0.15, -0.1) is 0 Å². The molecule has 1 aromatic rings. The van der Waals surface area contributed by atoms with Crippen molar-refractivity contribution in [2.24, 2.45) is 0 Å². The van der Waals surface area contributed by atoms with Gasteiger partial charge in [-0.05, 0) is 19.1 Å². The monoisotopic (exact) mass is 282 g/mol. The summed E-state index contributed by atoms with van der Waals surface area (Å²) in [5.41, 5.74) is 0.373. The van der Waals surface area contributed by atoms with Gasteiger partial charge in [0.2, 0.25) is 0 Å². The van der Waals surface area contributed by atoms with E-state index >= 15 is 0 Å². The van der Waals surface area contributed by atoms with E-state index in [2.05, 4.69) is 0 Å². The number of halogens is 2. The van der Waals surface area contributed by atoms with Crippen LogP contribution < -0.4 is 9.64 Å². The molecule has 1 heterocycles. The second kappa shape index (κ2) is 4.72. The highest BCUT2D eigenvalue weighted by molar-refractivity contribution is 6.02. The molecule has 1 aliphatic heterocycles. The molecule has 1 aromatic carbocycles. The number of nitrogens with zero attached hydrogens (tertiary/aromatic N) is 2. The van der Waals surface area contributed by atoms with E-state index in [4.69, 9.17) is 10.00 Å². The number of ether oxygens (including phenoxy) is 1. The zero-order valence-corrected chi connectivity index (χ0v) is 10.8. The van der Waals surface area contributed by atoms with Crippen LogP contribution in [-0.2, 0) is 4.79 Å². The molecule has 20 heavy (non-hydrogen) atoms. The van der Waals surface area contributed by atoms with Gasteiger partial charge < -0.3 is 14.7 Å². The molecule has 7 heteroatoms. The van der Waals surface area contributed by atoms with Crippen LogP contribution in [0.25, 0.3) is 0 Å². The van der Waals surface area contributed by atoms with E-state index in [9.17, 15) is 18.7 Å². The number of hydrogen-bond donors (Lipinski definition) is 1. The Balaban J connectivity index is 2.48. The van der Waals surface area contributed by atoms with Crippen LogP contribution in [0, 0.1) is 11.3 Å². The zero-order valence-electron chi connectivity index (χ0n) is 10.8. The quantitative estimate of drug-likeness (QED) is 0.887. The van der Waals surface area contributed by atoms with Gasteiger partial charge in [0, 0.05) is 11.8 Å². The molecule has 1 aliphatic rings. The molecule has 0 spiro atoms. The molecule has 0 aromatic heterocycles. The molecule has 0 radical (unpaired) electrons. The van der Waals surface area contributed by atoms with Crippen LogP contribution in [0.15, 0.2) is 18.2 Å². The maximum absolute atomic E-state index is 13.5. The van der Waals surface area contributed by atoms with Crippen LogP contribution in [-0.4, -0.2) is 36.2 Å². The van der Waals surface area contributed by atoms with E-state index in [-0.39, 0.29) is 17.0 Å². The highest BCUT2D eigenvalue weighted by Crippen LogP contribution is 2.38. The Morgan fingerprint density at radius 3 is 2.60 bits per heavy atom. The lowest BCUT2D eigenvalue weighted by Gasteiger charge is -2.22. The predicted molar refractivity (Wildman–Crippen MR) is 65.6 cm³/mol. The lowest BCUT2D eigenvalue weighted by Crippen LogP contribution is -2.37. The summed E-state index contributed by atoms with van der Waals surface area (Å²) in [6.07, 6.45) is -2.07. The molecule has 5 nitrogen and oxygen atoms in total. The Morgan fingerprint density at radius 1 is 1.50 bits per heavy atom. The van der Waals surface area contributed by atoms with Gasteiger partial charge in [0.05, 0.1) is 18.7 Å². The van der Waals surface area contributed by atoms with Gasteiger partial charge >= 0.3 is 11.8 Å². The molecule has 1 N–H and O–H groups in total. The number of alkyl halides is 2. The third-order valence-corrected chi connectivity index (χ3v) is 3.32. The first-order valence-electron chi connectivity index (χ1n) is 5.82. The molecule has 2 unspecified atom stereocenters. The number of amides is 1. The zero-order chi connectivity index (χ0) is 15.1. The van der Waals surface area contributed by atoms with Gasteiger partial charge in [-0.1, -0.05) is 0 Å². The number of rotatable bonds is 2. The minimum atomic E-state index is -3.82. The van der Waals surface area contributed by atoms with Crippen molar-refractivity contribution in [1.82, 2.24) is 0 Å². The minimum absolute atomic E-state index is 0.148. The fourth-order valence-corrected chi connectivity index (χ4v) is 2.19. The number of nitriles is 1. The minimum Gasteiger partial charge on any atom is -0.495 e. The summed E-state index contributed by atoms with van der Waals surface area (Å²) in [5.74, 6) is -5.11. The smallest absolute Gasteiger partial charge is 0.352 e. The molecular weight excluding hydrogens is 270 g/mol. The number of benzene rings is 1. The maximum atomic E-state index is 13.5. The van der Waals surface area contributed by atoms with E-state index in [0.29, 0.717) is 0 Å². The van der Waals surface area contributed by atoms with Gasteiger partial charge in [-0.2, -0.15) is 14.0 Å². The maximum Gasteiger partial charge on any atom is 0.352 e. The van der Waals surface area contributed by atoms with Crippen molar-refractivity contribution in [2.75, 3.05) is 12.0 Å². The van der Waals surface area contributed by atoms with Crippen LogP contribution in [0.3, 0.4) is 0 Å². The van der Waals surface area contributed by atoms with E-state index in [1.54, 1.807) is 0 Å². The van der Waals surface area contributed by atoms with Crippen molar-refractivity contribution in [2.45, 2.75) is 25.0 Å². The molecule has 0 aliphatic carbocycles. The van der Waals surface area contributed by atoms with Crippen LogP contribution in [0.2, 0.25) is 0 Å². The van der Waals surface area contributed by atoms with Crippen molar-refractivity contribution in [3.8, 4) is 11.8 Å². The first-order valence-corrected chi connectivity index (χ1v) is 5.82. The van der Waals surface area contributed by atoms with E-state index in [1.807, 2.05) is 6.07 Å². The molecule has 0 bridgehead atoms. The Morgan fingerprint density at radius 2 is 2.15 bits per heavy atom. The Kier molecular flexibility index (Phi) is 3.36. The average molecular weight is 282 g/mol. The largest absolute Gasteiger partial charge is 0.495 e. The highest BCUT2D eigenvalue weighted by Gasteiger charge is 2.60. The van der Waals surface area contributed by atoms with Crippen LogP contribution >= 0.6 is 0 Å². The molecular formula is C13H12F2N2O3. The van der Waals surface area contributed by atoms with E-state index < -0.39 is 24.0 Å².